The van der Waals surface area contributed by atoms with Gasteiger partial charge in [0.2, 0.25) is 0 Å². The van der Waals surface area contributed by atoms with Crippen LogP contribution in [0.2, 0.25) is 5.02 Å². The van der Waals surface area contributed by atoms with Crippen molar-refractivity contribution in [2.45, 2.75) is 38.3 Å². The summed E-state index contributed by atoms with van der Waals surface area (Å²) >= 11 is 6.23. The molecule has 2 heterocycles. The Balaban J connectivity index is 2.07. The molecule has 106 valence electrons. The summed E-state index contributed by atoms with van der Waals surface area (Å²) in [6.45, 7) is 2.91. The van der Waals surface area contributed by atoms with Gasteiger partial charge in [0.05, 0.1) is 16.6 Å². The Hall–Kier alpha value is -1.16. The number of para-hydroxylation sites is 1. The van der Waals surface area contributed by atoms with Crippen LogP contribution in [0.25, 0.3) is 10.9 Å². The number of halogens is 1. The highest BCUT2D eigenvalue weighted by molar-refractivity contribution is 6.35. The first-order valence-corrected chi connectivity index (χ1v) is 7.52. The normalized spacial score (nSPS) is 21.1. The summed E-state index contributed by atoms with van der Waals surface area (Å²) < 4.78 is 0. The minimum atomic E-state index is -0.516. The van der Waals surface area contributed by atoms with Gasteiger partial charge < -0.3 is 10.4 Å². The van der Waals surface area contributed by atoms with E-state index in [0.29, 0.717) is 5.02 Å². The number of rotatable bonds is 2. The van der Waals surface area contributed by atoms with Crippen LogP contribution in [0.3, 0.4) is 0 Å². The molecule has 1 saturated heterocycles. The lowest BCUT2D eigenvalue weighted by Gasteiger charge is -2.29. The molecule has 1 aliphatic rings. The number of aliphatic hydroxyl groups excluding tert-OH is 1. The molecular weight excluding hydrogens is 272 g/mol. The van der Waals surface area contributed by atoms with Crippen LogP contribution in [0.4, 0.5) is 0 Å². The molecule has 2 atom stereocenters. The number of benzene rings is 1. The van der Waals surface area contributed by atoms with Gasteiger partial charge in [0.1, 0.15) is 0 Å². The molecule has 0 bridgehead atoms. The van der Waals surface area contributed by atoms with Crippen molar-refractivity contribution in [1.29, 1.82) is 0 Å². The van der Waals surface area contributed by atoms with E-state index in [4.69, 9.17) is 11.6 Å². The Bertz CT molecular complexity index is 623. The fraction of sp³-hybridized carbons (Fsp3) is 0.438. The number of aliphatic hydroxyl groups is 1. The van der Waals surface area contributed by atoms with E-state index >= 15 is 0 Å². The molecule has 20 heavy (non-hydrogen) atoms. The molecule has 3 rings (SSSR count). The van der Waals surface area contributed by atoms with Gasteiger partial charge in [0, 0.05) is 17.1 Å². The van der Waals surface area contributed by atoms with E-state index in [1.54, 1.807) is 0 Å². The third-order valence-electron chi connectivity index (χ3n) is 4.00. The number of piperidine rings is 1. The molecule has 0 spiro atoms. The second-order valence-corrected chi connectivity index (χ2v) is 5.90. The number of aryl methyl sites for hydroxylation is 1. The zero-order chi connectivity index (χ0) is 14.1. The first-order valence-electron chi connectivity index (χ1n) is 7.14. The lowest BCUT2D eigenvalue weighted by molar-refractivity contribution is 0.115. The van der Waals surface area contributed by atoms with Crippen molar-refractivity contribution in [3.05, 3.63) is 40.5 Å². The molecule has 4 heteroatoms. The van der Waals surface area contributed by atoms with Crippen molar-refractivity contribution >= 4 is 22.5 Å². The van der Waals surface area contributed by atoms with Gasteiger partial charge >= 0.3 is 0 Å². The van der Waals surface area contributed by atoms with Crippen molar-refractivity contribution in [3.63, 3.8) is 0 Å². The third-order valence-corrected chi connectivity index (χ3v) is 4.30. The van der Waals surface area contributed by atoms with Crippen molar-refractivity contribution < 1.29 is 5.11 Å². The predicted molar refractivity (Wildman–Crippen MR) is 82.1 cm³/mol. The standard InChI is InChI=1S/C16H19ClN2O/c1-10-9-12(16(20)14-7-2-3-8-18-14)11-5-4-6-13(17)15(11)19-10/h4-6,9,14,16,18,20H,2-3,7-8H2,1H3/t14-,16-/m0/s1. The fourth-order valence-corrected chi connectivity index (χ4v) is 3.20. The summed E-state index contributed by atoms with van der Waals surface area (Å²) in [5.74, 6) is 0. The monoisotopic (exact) mass is 290 g/mol. The Kier molecular flexibility index (Phi) is 3.92. The molecule has 1 aromatic heterocycles. The zero-order valence-electron chi connectivity index (χ0n) is 11.6. The van der Waals surface area contributed by atoms with Crippen LogP contribution in [0.15, 0.2) is 24.3 Å². The maximum Gasteiger partial charge on any atom is 0.0950 e. The minimum absolute atomic E-state index is 0.118. The van der Waals surface area contributed by atoms with E-state index in [-0.39, 0.29) is 6.04 Å². The van der Waals surface area contributed by atoms with Crippen LogP contribution in [-0.4, -0.2) is 22.7 Å². The van der Waals surface area contributed by atoms with E-state index in [2.05, 4.69) is 10.3 Å². The summed E-state index contributed by atoms with van der Waals surface area (Å²) in [7, 11) is 0. The molecule has 2 aromatic rings. The molecule has 3 nitrogen and oxygen atoms in total. The molecule has 0 aliphatic carbocycles. The summed E-state index contributed by atoms with van der Waals surface area (Å²) in [6, 6.07) is 7.82. The molecular formula is C16H19ClN2O. The second kappa shape index (κ2) is 5.68. The van der Waals surface area contributed by atoms with Gasteiger partial charge in [-0.15, -0.1) is 0 Å². The number of nitrogens with zero attached hydrogens (tertiary/aromatic N) is 1. The Morgan fingerprint density at radius 3 is 3.00 bits per heavy atom. The number of nitrogens with one attached hydrogen (secondary N) is 1. The number of hydrogen-bond acceptors (Lipinski definition) is 3. The second-order valence-electron chi connectivity index (χ2n) is 5.49. The molecule has 1 fully saturated rings. The fourth-order valence-electron chi connectivity index (χ4n) is 2.98. The zero-order valence-corrected chi connectivity index (χ0v) is 12.3. The van der Waals surface area contributed by atoms with Gasteiger partial charge in [0.15, 0.2) is 0 Å². The van der Waals surface area contributed by atoms with Gasteiger partial charge in [0.25, 0.3) is 0 Å². The molecule has 0 saturated carbocycles. The molecule has 2 N–H and O–H groups in total. The maximum absolute atomic E-state index is 10.7. The maximum atomic E-state index is 10.7. The van der Waals surface area contributed by atoms with Gasteiger partial charge in [-0.2, -0.15) is 0 Å². The van der Waals surface area contributed by atoms with E-state index in [9.17, 15) is 5.11 Å². The van der Waals surface area contributed by atoms with Crippen molar-refractivity contribution in [2.24, 2.45) is 0 Å². The highest BCUT2D eigenvalue weighted by Crippen LogP contribution is 2.31. The highest BCUT2D eigenvalue weighted by Gasteiger charge is 2.24. The lowest BCUT2D eigenvalue weighted by Crippen LogP contribution is -2.38. The topological polar surface area (TPSA) is 45.1 Å². The van der Waals surface area contributed by atoms with Crippen LogP contribution >= 0.6 is 11.6 Å². The SMILES string of the molecule is Cc1cc([C@H](O)[C@@H]2CCCCN2)c2cccc(Cl)c2n1. The summed E-state index contributed by atoms with van der Waals surface area (Å²) in [4.78, 5) is 4.50. The molecule has 0 unspecified atom stereocenters. The van der Waals surface area contributed by atoms with Crippen LogP contribution in [0.5, 0.6) is 0 Å². The number of pyridine rings is 1. The van der Waals surface area contributed by atoms with Gasteiger partial charge in [-0.1, -0.05) is 30.2 Å². The molecule has 0 amide bonds. The van der Waals surface area contributed by atoms with Crippen LogP contribution in [-0.2, 0) is 0 Å². The third kappa shape index (κ3) is 2.53. The summed E-state index contributed by atoms with van der Waals surface area (Å²) in [5.41, 5.74) is 2.59. The van der Waals surface area contributed by atoms with Gasteiger partial charge in [-0.25, -0.2) is 0 Å². The van der Waals surface area contributed by atoms with Crippen molar-refractivity contribution in [1.82, 2.24) is 10.3 Å². The Morgan fingerprint density at radius 1 is 1.40 bits per heavy atom. The van der Waals surface area contributed by atoms with Crippen LogP contribution in [0, 0.1) is 6.92 Å². The Labute approximate surface area is 124 Å². The van der Waals surface area contributed by atoms with Gasteiger partial charge in [-0.05, 0) is 44.0 Å². The highest BCUT2D eigenvalue weighted by atomic mass is 35.5. The number of aromatic nitrogens is 1. The van der Waals surface area contributed by atoms with E-state index in [1.807, 2.05) is 31.2 Å². The van der Waals surface area contributed by atoms with E-state index in [1.165, 1.54) is 6.42 Å². The minimum Gasteiger partial charge on any atom is -0.387 e. The van der Waals surface area contributed by atoms with Crippen molar-refractivity contribution in [2.75, 3.05) is 6.54 Å². The largest absolute Gasteiger partial charge is 0.387 e. The van der Waals surface area contributed by atoms with E-state index in [0.717, 1.165) is 41.5 Å². The molecule has 1 aliphatic heterocycles. The quantitative estimate of drug-likeness (QED) is 0.891. The first kappa shape index (κ1) is 13.8. The Morgan fingerprint density at radius 2 is 2.25 bits per heavy atom. The van der Waals surface area contributed by atoms with E-state index < -0.39 is 6.10 Å². The summed E-state index contributed by atoms with van der Waals surface area (Å²) in [6.07, 6.45) is 2.84. The average molecular weight is 291 g/mol. The molecule has 1 aromatic carbocycles. The molecule has 0 radical (unpaired) electrons. The van der Waals surface area contributed by atoms with Crippen molar-refractivity contribution in [3.8, 4) is 0 Å². The first-order chi connectivity index (χ1) is 9.66. The van der Waals surface area contributed by atoms with Crippen LogP contribution < -0.4 is 5.32 Å². The summed E-state index contributed by atoms with van der Waals surface area (Å²) in [5, 5.41) is 15.7. The predicted octanol–water partition coefficient (Wildman–Crippen LogP) is 3.37. The average Bonchev–Trinajstić information content (AvgIpc) is 2.48. The van der Waals surface area contributed by atoms with Gasteiger partial charge in [-0.3, -0.25) is 4.98 Å². The lowest BCUT2D eigenvalue weighted by atomic mass is 9.92. The smallest absolute Gasteiger partial charge is 0.0950 e. The van der Waals surface area contributed by atoms with Crippen LogP contribution in [0.1, 0.15) is 36.6 Å². The number of fused-ring (bicyclic) bond motifs is 1. The number of hydrogen-bond donors (Lipinski definition) is 2.